The maximum Gasteiger partial charge on any atom is 0.222 e. The summed E-state index contributed by atoms with van der Waals surface area (Å²) in [4.78, 5) is 7.47. The van der Waals surface area contributed by atoms with E-state index in [1.165, 1.54) is 33.5 Å². The molecule has 1 unspecified atom stereocenters. The first-order valence-corrected chi connectivity index (χ1v) is 12.7. The first-order valence-electron chi connectivity index (χ1n) is 12.7. The molecule has 1 atom stereocenters. The number of nitrogens with zero attached hydrogens (tertiary/aromatic N) is 3. The molecule has 3 aromatic rings. The second-order valence-electron chi connectivity index (χ2n) is 10.2. The Kier molecular flexibility index (Phi) is 6.50. The van der Waals surface area contributed by atoms with Crippen LogP contribution in [0, 0.1) is 19.8 Å². The lowest BCUT2D eigenvalue weighted by atomic mass is 9.75. The van der Waals surface area contributed by atoms with Gasteiger partial charge in [-0.25, -0.2) is 0 Å². The van der Waals surface area contributed by atoms with Crippen LogP contribution >= 0.6 is 0 Å². The average Bonchev–Trinajstić information content (AvgIpc) is 3.01. The highest BCUT2D eigenvalue weighted by Gasteiger charge is 2.36. The van der Waals surface area contributed by atoms with E-state index in [9.17, 15) is 5.21 Å². The lowest BCUT2D eigenvalue weighted by molar-refractivity contribution is -0.904. The number of benzene rings is 1. The molecule has 5 heteroatoms. The highest BCUT2D eigenvalue weighted by Crippen LogP contribution is 2.46. The third-order valence-electron chi connectivity index (χ3n) is 7.75. The van der Waals surface area contributed by atoms with E-state index >= 15 is 0 Å². The molecule has 3 heterocycles. The van der Waals surface area contributed by atoms with Crippen LogP contribution in [0.15, 0.2) is 61.2 Å². The van der Waals surface area contributed by atoms with Crippen molar-refractivity contribution >= 4 is 0 Å². The summed E-state index contributed by atoms with van der Waals surface area (Å²) in [7, 11) is 1.80. The van der Waals surface area contributed by atoms with E-state index in [0.29, 0.717) is 5.92 Å². The Hall–Kier alpha value is -3.34. The molecule has 0 bridgehead atoms. The molecule has 5 nitrogen and oxygen atoms in total. The van der Waals surface area contributed by atoms with Crippen LogP contribution in [0.25, 0.3) is 0 Å². The minimum atomic E-state index is 0.253. The molecule has 182 valence electrons. The maximum atomic E-state index is 9.49. The molecule has 0 radical (unpaired) electrons. The Labute approximate surface area is 208 Å². The van der Waals surface area contributed by atoms with Gasteiger partial charge in [0.15, 0.2) is 0 Å². The van der Waals surface area contributed by atoms with Crippen LogP contribution in [0.5, 0.6) is 5.75 Å². The molecule has 5 rings (SSSR count). The normalized spacial score (nSPS) is 17.9. The van der Waals surface area contributed by atoms with Gasteiger partial charge in [-0.15, -0.1) is 0 Å². The van der Waals surface area contributed by atoms with E-state index in [2.05, 4.69) is 43.5 Å². The zero-order valence-electron chi connectivity index (χ0n) is 21.1. The number of piperidine rings is 1. The zero-order chi connectivity index (χ0) is 24.5. The van der Waals surface area contributed by atoms with Crippen LogP contribution in [0.2, 0.25) is 0 Å². The second kappa shape index (κ2) is 9.73. The molecule has 1 aromatic carbocycles. The van der Waals surface area contributed by atoms with Crippen LogP contribution in [0.4, 0.5) is 0 Å². The van der Waals surface area contributed by atoms with Gasteiger partial charge in [-0.3, -0.25) is 10.2 Å². The molecule has 1 fully saturated rings. The summed E-state index contributed by atoms with van der Waals surface area (Å²) < 4.78 is 7.05. The molecule has 35 heavy (non-hydrogen) atoms. The maximum absolute atomic E-state index is 9.49. The van der Waals surface area contributed by atoms with Crippen molar-refractivity contribution in [2.24, 2.45) is 5.92 Å². The number of rotatable bonds is 5. The van der Waals surface area contributed by atoms with Crippen molar-refractivity contribution in [1.82, 2.24) is 9.88 Å². The predicted octanol–water partition coefficient (Wildman–Crippen LogP) is 4.93. The number of fused-ring (bicyclic) bond motifs is 2. The first kappa shape index (κ1) is 23.4. The Balaban J connectivity index is 1.42. The molecule has 1 N–H and O–H groups in total. The Morgan fingerprint density at radius 2 is 1.77 bits per heavy atom. The smallest absolute Gasteiger partial charge is 0.222 e. The minimum absolute atomic E-state index is 0.253. The third kappa shape index (κ3) is 4.77. The van der Waals surface area contributed by atoms with E-state index < -0.39 is 0 Å². The first-order chi connectivity index (χ1) is 16.9. The second-order valence-corrected chi connectivity index (χ2v) is 10.2. The molecular weight excluding hydrogens is 434 g/mol. The van der Waals surface area contributed by atoms with E-state index in [0.717, 1.165) is 66.9 Å². The van der Waals surface area contributed by atoms with E-state index in [-0.39, 0.29) is 5.92 Å². The number of aryl methyl sites for hydroxylation is 4. The van der Waals surface area contributed by atoms with Crippen LogP contribution in [-0.2, 0) is 19.3 Å². The number of hydrogen-bond donors (Lipinski definition) is 1. The summed E-state index contributed by atoms with van der Waals surface area (Å²) in [5.74, 6) is 1.77. The summed E-state index contributed by atoms with van der Waals surface area (Å²) >= 11 is 0. The lowest BCUT2D eigenvalue weighted by Gasteiger charge is -2.39. The van der Waals surface area contributed by atoms with E-state index in [4.69, 9.17) is 9.72 Å². The number of allylic oxidation sites excluding steroid dienone is 1. The van der Waals surface area contributed by atoms with Gasteiger partial charge in [-0.2, -0.15) is 0 Å². The van der Waals surface area contributed by atoms with Gasteiger partial charge in [0.05, 0.1) is 12.8 Å². The van der Waals surface area contributed by atoms with Gasteiger partial charge in [0.1, 0.15) is 5.75 Å². The average molecular weight is 471 g/mol. The molecule has 2 aromatic heterocycles. The van der Waals surface area contributed by atoms with E-state index in [1.54, 1.807) is 19.5 Å². The monoisotopic (exact) mass is 470 g/mol. The minimum Gasteiger partial charge on any atom is -0.496 e. The standard InChI is InChI=1S/C30H36N3O2/c1-20-15-25-5-6-26-16-21(2)19-31-30(26)29(28(25)27(17-20)35-4)24-9-11-32(12-10-24)22(3)18-23-7-13-33(34)14-8-23/h7-8,13-17,19,24,29,34H,3,5-6,9-12,18H2,1-2,4H3/q+1. The van der Waals surface area contributed by atoms with Crippen LogP contribution in [-0.4, -0.2) is 35.3 Å². The molecule has 0 amide bonds. The van der Waals surface area contributed by atoms with Gasteiger partial charge in [0.25, 0.3) is 0 Å². The summed E-state index contributed by atoms with van der Waals surface area (Å²) in [5.41, 5.74) is 10.2. The van der Waals surface area contributed by atoms with Crippen LogP contribution in [0.1, 0.15) is 57.8 Å². The summed E-state index contributed by atoms with van der Waals surface area (Å²) in [6.07, 6.45) is 10.4. The molecule has 0 spiro atoms. The fourth-order valence-electron chi connectivity index (χ4n) is 6.02. The van der Waals surface area contributed by atoms with Gasteiger partial charge in [0.2, 0.25) is 12.4 Å². The van der Waals surface area contributed by atoms with Crippen LogP contribution in [0.3, 0.4) is 0 Å². The Morgan fingerprint density at radius 1 is 1.09 bits per heavy atom. The van der Waals surface area contributed by atoms with Crippen molar-refractivity contribution in [2.45, 2.75) is 51.9 Å². The zero-order valence-corrected chi connectivity index (χ0v) is 21.1. The topological polar surface area (TPSA) is 49.5 Å². The van der Waals surface area contributed by atoms with Crippen molar-refractivity contribution in [3.05, 3.63) is 100 Å². The highest BCUT2D eigenvalue weighted by molar-refractivity contribution is 5.52. The highest BCUT2D eigenvalue weighted by atomic mass is 16.5. The predicted molar refractivity (Wildman–Crippen MR) is 137 cm³/mol. The number of ether oxygens (including phenoxy) is 1. The third-order valence-corrected chi connectivity index (χ3v) is 7.75. The van der Waals surface area contributed by atoms with Crippen molar-refractivity contribution in [3.8, 4) is 5.75 Å². The fraction of sp³-hybridized carbons (Fsp3) is 0.400. The largest absolute Gasteiger partial charge is 0.496 e. The number of aromatic nitrogens is 2. The van der Waals surface area contributed by atoms with Gasteiger partial charge in [-0.1, -0.05) is 18.7 Å². The summed E-state index contributed by atoms with van der Waals surface area (Å²) in [5, 5.41) is 9.49. The molecule has 1 aliphatic heterocycles. The number of pyridine rings is 2. The summed E-state index contributed by atoms with van der Waals surface area (Å²) in [6, 6.07) is 10.8. The van der Waals surface area contributed by atoms with Gasteiger partial charge < -0.3 is 9.64 Å². The summed E-state index contributed by atoms with van der Waals surface area (Å²) in [6.45, 7) is 10.7. The van der Waals surface area contributed by atoms with Crippen molar-refractivity contribution in [3.63, 3.8) is 0 Å². The van der Waals surface area contributed by atoms with Gasteiger partial charge in [0, 0.05) is 59.7 Å². The molecule has 1 saturated heterocycles. The Bertz CT molecular complexity index is 1230. The van der Waals surface area contributed by atoms with Crippen LogP contribution < -0.4 is 9.47 Å². The van der Waals surface area contributed by atoms with Crippen molar-refractivity contribution in [1.29, 1.82) is 0 Å². The Morgan fingerprint density at radius 3 is 2.49 bits per heavy atom. The van der Waals surface area contributed by atoms with E-state index in [1.807, 2.05) is 18.3 Å². The quantitative estimate of drug-likeness (QED) is 0.424. The fourth-order valence-corrected chi connectivity index (χ4v) is 6.02. The molecule has 1 aliphatic carbocycles. The van der Waals surface area contributed by atoms with Crippen molar-refractivity contribution < 1.29 is 14.7 Å². The lowest BCUT2D eigenvalue weighted by Crippen LogP contribution is -2.36. The number of hydrogen-bond acceptors (Lipinski definition) is 4. The number of methoxy groups -OCH3 is 1. The molecular formula is C30H36N3O2+. The molecule has 0 saturated carbocycles. The SMILES string of the molecule is C=C(Cc1cc[n+](O)cc1)N1CCC(C2c3ncc(C)cc3CCc3cc(C)cc(OC)c32)CC1. The van der Waals surface area contributed by atoms with Gasteiger partial charge >= 0.3 is 0 Å². The van der Waals surface area contributed by atoms with Gasteiger partial charge in [-0.05, 0) is 79.3 Å². The number of likely N-dealkylation sites (tertiary alicyclic amines) is 1. The van der Waals surface area contributed by atoms with Crippen molar-refractivity contribution in [2.75, 3.05) is 20.2 Å². The molecule has 2 aliphatic rings.